The number of allylic oxidation sites excluding steroid dienone is 2. The van der Waals surface area contributed by atoms with Gasteiger partial charge in [-0.25, -0.2) is 0 Å². The Morgan fingerprint density at radius 3 is 1.83 bits per heavy atom. The number of unbranched alkanes of at least 4 members (excludes halogenated alkanes) is 2. The van der Waals surface area contributed by atoms with E-state index < -0.39 is 0 Å². The highest BCUT2D eigenvalue weighted by molar-refractivity contribution is 5.25. The van der Waals surface area contributed by atoms with Crippen LogP contribution >= 0.6 is 0 Å². The molecule has 0 saturated heterocycles. The predicted octanol–water partition coefficient (Wildman–Crippen LogP) is 4.46. The van der Waals surface area contributed by atoms with Crippen molar-refractivity contribution in [2.75, 3.05) is 0 Å². The van der Waals surface area contributed by atoms with Crippen LogP contribution in [0.4, 0.5) is 0 Å². The zero-order valence-electron chi connectivity index (χ0n) is 8.66. The largest absolute Gasteiger partial charge is 0.0710 e. The number of rotatable bonds is 6. The molecule has 0 aromatic carbocycles. The Labute approximate surface area is 77.1 Å². The molecular formula is C12H22. The maximum absolute atomic E-state index is 2.29. The topological polar surface area (TPSA) is 0 Å². The summed E-state index contributed by atoms with van der Waals surface area (Å²) in [4.78, 5) is 0. The van der Waals surface area contributed by atoms with Gasteiger partial charge in [-0.15, -0.1) is 0 Å². The van der Waals surface area contributed by atoms with Gasteiger partial charge in [-0.05, 0) is 38.5 Å². The fourth-order valence-electron chi connectivity index (χ4n) is 1.67. The van der Waals surface area contributed by atoms with E-state index in [9.17, 15) is 0 Å². The van der Waals surface area contributed by atoms with Crippen LogP contribution in [0.3, 0.4) is 0 Å². The molecule has 0 spiro atoms. The smallest absolute Gasteiger partial charge is 0.0280 e. The van der Waals surface area contributed by atoms with E-state index in [0.29, 0.717) is 0 Å². The second kappa shape index (κ2) is 5.40. The first-order chi connectivity index (χ1) is 5.88. The average Bonchev–Trinajstić information content (AvgIpc) is 2.88. The van der Waals surface area contributed by atoms with Gasteiger partial charge in [0.05, 0.1) is 0 Å². The molecule has 0 heterocycles. The summed E-state index contributed by atoms with van der Waals surface area (Å²) in [6.07, 6.45) is 11.1. The molecule has 0 N–H and O–H groups in total. The lowest BCUT2D eigenvalue weighted by Crippen LogP contribution is -1.84. The van der Waals surface area contributed by atoms with Crippen LogP contribution in [0.25, 0.3) is 0 Å². The lowest BCUT2D eigenvalue weighted by Gasteiger charge is -2.04. The van der Waals surface area contributed by atoms with Crippen molar-refractivity contribution >= 4 is 0 Å². The highest BCUT2D eigenvalue weighted by atomic mass is 14.2. The Morgan fingerprint density at radius 2 is 1.50 bits per heavy atom. The van der Waals surface area contributed by atoms with Crippen LogP contribution < -0.4 is 0 Å². The Hall–Kier alpha value is -0.260. The molecule has 0 atom stereocenters. The Balaban J connectivity index is 2.25. The molecule has 0 nitrogen and oxygen atoms in total. The van der Waals surface area contributed by atoms with Crippen molar-refractivity contribution in [1.82, 2.24) is 0 Å². The van der Waals surface area contributed by atoms with Gasteiger partial charge in [0.15, 0.2) is 0 Å². The molecule has 0 heteroatoms. The quantitative estimate of drug-likeness (QED) is 0.511. The summed E-state index contributed by atoms with van der Waals surface area (Å²) in [5.74, 6) is 0. The second-order valence-electron chi connectivity index (χ2n) is 3.91. The molecular weight excluding hydrogens is 144 g/mol. The van der Waals surface area contributed by atoms with Gasteiger partial charge in [0, 0.05) is 0 Å². The van der Waals surface area contributed by atoms with Crippen molar-refractivity contribution in [2.24, 2.45) is 0 Å². The number of hydrogen-bond donors (Lipinski definition) is 0. The fraction of sp³-hybridized carbons (Fsp3) is 0.833. The van der Waals surface area contributed by atoms with E-state index in [1.165, 1.54) is 51.4 Å². The van der Waals surface area contributed by atoms with E-state index in [-0.39, 0.29) is 0 Å². The lowest BCUT2D eigenvalue weighted by molar-refractivity contribution is 0.710. The maximum Gasteiger partial charge on any atom is -0.0280 e. The molecule has 1 saturated carbocycles. The van der Waals surface area contributed by atoms with Crippen molar-refractivity contribution in [1.29, 1.82) is 0 Å². The molecule has 0 radical (unpaired) electrons. The highest BCUT2D eigenvalue weighted by Crippen LogP contribution is 2.35. The fourth-order valence-corrected chi connectivity index (χ4v) is 1.67. The van der Waals surface area contributed by atoms with Crippen LogP contribution in [0.15, 0.2) is 11.1 Å². The van der Waals surface area contributed by atoms with E-state index in [0.717, 1.165) is 0 Å². The molecule has 0 amide bonds. The molecule has 1 aliphatic carbocycles. The first kappa shape index (κ1) is 9.83. The molecule has 1 aliphatic rings. The molecule has 0 aliphatic heterocycles. The summed E-state index contributed by atoms with van der Waals surface area (Å²) in [7, 11) is 0. The van der Waals surface area contributed by atoms with Crippen molar-refractivity contribution < 1.29 is 0 Å². The third-order valence-corrected chi connectivity index (χ3v) is 2.66. The van der Waals surface area contributed by atoms with Crippen LogP contribution in [0.2, 0.25) is 0 Å². The summed E-state index contributed by atoms with van der Waals surface area (Å²) >= 11 is 0. The van der Waals surface area contributed by atoms with Crippen LogP contribution in [-0.2, 0) is 0 Å². The molecule has 0 aromatic rings. The van der Waals surface area contributed by atoms with E-state index in [1.54, 1.807) is 5.57 Å². The van der Waals surface area contributed by atoms with Crippen molar-refractivity contribution in [3.63, 3.8) is 0 Å². The van der Waals surface area contributed by atoms with E-state index in [4.69, 9.17) is 0 Å². The van der Waals surface area contributed by atoms with Gasteiger partial charge < -0.3 is 0 Å². The zero-order chi connectivity index (χ0) is 8.81. The van der Waals surface area contributed by atoms with E-state index in [1.807, 2.05) is 5.57 Å². The summed E-state index contributed by atoms with van der Waals surface area (Å²) < 4.78 is 0. The Morgan fingerprint density at radius 1 is 1.00 bits per heavy atom. The second-order valence-corrected chi connectivity index (χ2v) is 3.91. The standard InChI is InChI=1S/C12H22/c1-3-5-7-11(8-6-4-2)12-9-10-12/h3-10H2,1-2H3. The Bertz CT molecular complexity index is 137. The van der Waals surface area contributed by atoms with E-state index >= 15 is 0 Å². The lowest BCUT2D eigenvalue weighted by atomic mass is 10.0. The van der Waals surface area contributed by atoms with Crippen LogP contribution in [0.5, 0.6) is 0 Å². The maximum atomic E-state index is 2.29. The summed E-state index contributed by atoms with van der Waals surface area (Å²) in [5, 5.41) is 0. The number of hydrogen-bond acceptors (Lipinski definition) is 0. The zero-order valence-corrected chi connectivity index (χ0v) is 8.66. The van der Waals surface area contributed by atoms with Crippen molar-refractivity contribution in [3.05, 3.63) is 11.1 Å². The summed E-state index contributed by atoms with van der Waals surface area (Å²) in [6.45, 7) is 4.57. The third-order valence-electron chi connectivity index (χ3n) is 2.66. The first-order valence-corrected chi connectivity index (χ1v) is 5.58. The normalized spacial score (nSPS) is 15.0. The van der Waals surface area contributed by atoms with Gasteiger partial charge in [-0.2, -0.15) is 0 Å². The molecule has 1 rings (SSSR count). The first-order valence-electron chi connectivity index (χ1n) is 5.58. The molecule has 70 valence electrons. The monoisotopic (exact) mass is 166 g/mol. The molecule has 0 unspecified atom stereocenters. The Kier molecular flexibility index (Phi) is 4.42. The van der Waals surface area contributed by atoms with Crippen LogP contribution in [0, 0.1) is 0 Å². The van der Waals surface area contributed by atoms with Crippen molar-refractivity contribution in [2.45, 2.75) is 65.2 Å². The van der Waals surface area contributed by atoms with Gasteiger partial charge in [-0.1, -0.05) is 37.8 Å². The minimum Gasteiger partial charge on any atom is -0.0710 e. The average molecular weight is 166 g/mol. The van der Waals surface area contributed by atoms with Gasteiger partial charge >= 0.3 is 0 Å². The summed E-state index contributed by atoms with van der Waals surface area (Å²) in [6, 6.07) is 0. The van der Waals surface area contributed by atoms with Gasteiger partial charge in [0.2, 0.25) is 0 Å². The van der Waals surface area contributed by atoms with Crippen LogP contribution in [-0.4, -0.2) is 0 Å². The molecule has 12 heavy (non-hydrogen) atoms. The van der Waals surface area contributed by atoms with Gasteiger partial charge in [-0.3, -0.25) is 0 Å². The summed E-state index contributed by atoms with van der Waals surface area (Å²) in [5.41, 5.74) is 3.62. The molecule has 1 fully saturated rings. The minimum absolute atomic E-state index is 1.35. The highest BCUT2D eigenvalue weighted by Gasteiger charge is 2.16. The SMILES string of the molecule is CCCCC(CCCC)=C1CC1. The van der Waals surface area contributed by atoms with Crippen molar-refractivity contribution in [3.8, 4) is 0 Å². The molecule has 0 aromatic heterocycles. The van der Waals surface area contributed by atoms with Crippen LogP contribution in [0.1, 0.15) is 65.2 Å². The van der Waals surface area contributed by atoms with Gasteiger partial charge in [0.25, 0.3) is 0 Å². The molecule has 0 bridgehead atoms. The minimum atomic E-state index is 1.35. The van der Waals surface area contributed by atoms with Gasteiger partial charge in [0.1, 0.15) is 0 Å². The predicted molar refractivity (Wildman–Crippen MR) is 55.3 cm³/mol. The third kappa shape index (κ3) is 3.42. The van der Waals surface area contributed by atoms with E-state index in [2.05, 4.69) is 13.8 Å².